The lowest BCUT2D eigenvalue weighted by atomic mass is 10.0. The Bertz CT molecular complexity index is 854. The normalized spacial score (nSPS) is 19.1. The van der Waals surface area contributed by atoms with Gasteiger partial charge in [-0.1, -0.05) is 44.2 Å². The number of hydrogen-bond acceptors (Lipinski definition) is 3. The summed E-state index contributed by atoms with van der Waals surface area (Å²) in [7, 11) is 0. The van der Waals surface area contributed by atoms with Crippen LogP contribution in [0.3, 0.4) is 0 Å². The number of aryl methyl sites for hydroxylation is 1. The summed E-state index contributed by atoms with van der Waals surface area (Å²) in [6.07, 6.45) is 0. The molecule has 1 saturated heterocycles. The average Bonchev–Trinajstić information content (AvgIpc) is 3.12. The monoisotopic (exact) mass is 400 g/mol. The molecule has 1 heterocycles. The molecule has 0 aromatic heterocycles. The molecule has 1 aliphatic heterocycles. The van der Waals surface area contributed by atoms with Crippen LogP contribution in [0.5, 0.6) is 0 Å². The van der Waals surface area contributed by atoms with Gasteiger partial charge in [0.2, 0.25) is 5.91 Å². The molecule has 1 aliphatic rings. The molecule has 148 valence electrons. The highest BCUT2D eigenvalue weighted by molar-refractivity contribution is 8.00. The summed E-state index contributed by atoms with van der Waals surface area (Å²) < 4.78 is 13.0. The Labute approximate surface area is 169 Å². The molecule has 6 heteroatoms. The highest BCUT2D eigenvalue weighted by atomic mass is 32.2. The standard InChI is InChI=1S/C22H25FN2O2S/c1-14(2)22-25(21(27)18-7-5-4-6-15(18)3)19(13-28-22)20(26)24-12-16-8-10-17(23)11-9-16/h4-11,14,19,22H,12-13H2,1-3H3,(H,24,26). The van der Waals surface area contributed by atoms with E-state index in [0.717, 1.165) is 11.1 Å². The van der Waals surface area contributed by atoms with Gasteiger partial charge >= 0.3 is 0 Å². The molecule has 0 aliphatic carbocycles. The van der Waals surface area contributed by atoms with Crippen molar-refractivity contribution in [3.05, 3.63) is 71.0 Å². The molecular weight excluding hydrogens is 375 g/mol. The van der Waals surface area contributed by atoms with Gasteiger partial charge in [0, 0.05) is 17.9 Å². The van der Waals surface area contributed by atoms with E-state index in [2.05, 4.69) is 19.2 Å². The first-order chi connectivity index (χ1) is 13.4. The van der Waals surface area contributed by atoms with E-state index in [1.807, 2.05) is 31.2 Å². The molecule has 0 radical (unpaired) electrons. The molecular formula is C22H25FN2O2S. The summed E-state index contributed by atoms with van der Waals surface area (Å²) in [6, 6.07) is 13.0. The van der Waals surface area contributed by atoms with Gasteiger partial charge < -0.3 is 10.2 Å². The molecule has 4 nitrogen and oxygen atoms in total. The van der Waals surface area contributed by atoms with Crippen molar-refractivity contribution in [3.63, 3.8) is 0 Å². The maximum Gasteiger partial charge on any atom is 0.255 e. The molecule has 2 atom stereocenters. The minimum atomic E-state index is -0.523. The molecule has 2 aromatic carbocycles. The fraction of sp³-hybridized carbons (Fsp3) is 0.364. The number of thioether (sulfide) groups is 1. The van der Waals surface area contributed by atoms with Gasteiger partial charge in [-0.2, -0.15) is 0 Å². The quantitative estimate of drug-likeness (QED) is 0.826. The topological polar surface area (TPSA) is 49.4 Å². The minimum absolute atomic E-state index is 0.0475. The van der Waals surface area contributed by atoms with Crippen LogP contribution in [0, 0.1) is 18.7 Å². The highest BCUT2D eigenvalue weighted by Crippen LogP contribution is 2.35. The lowest BCUT2D eigenvalue weighted by Gasteiger charge is -2.31. The number of nitrogens with zero attached hydrogens (tertiary/aromatic N) is 1. The number of nitrogens with one attached hydrogen (secondary N) is 1. The summed E-state index contributed by atoms with van der Waals surface area (Å²) in [6.45, 7) is 6.34. The SMILES string of the molecule is Cc1ccccc1C(=O)N1C(C(=O)NCc2ccc(F)cc2)CSC1C(C)C. The van der Waals surface area contributed by atoms with Gasteiger partial charge in [0.1, 0.15) is 11.9 Å². The lowest BCUT2D eigenvalue weighted by Crippen LogP contribution is -2.50. The predicted octanol–water partition coefficient (Wildman–Crippen LogP) is 3.99. The minimum Gasteiger partial charge on any atom is -0.350 e. The summed E-state index contributed by atoms with van der Waals surface area (Å²) >= 11 is 1.64. The van der Waals surface area contributed by atoms with Crippen molar-refractivity contribution in [2.45, 2.75) is 38.7 Å². The molecule has 1 N–H and O–H groups in total. The zero-order valence-electron chi connectivity index (χ0n) is 16.3. The highest BCUT2D eigenvalue weighted by Gasteiger charge is 2.43. The number of carbonyl (C=O) groups is 2. The molecule has 1 fully saturated rings. The van der Waals surface area contributed by atoms with Crippen molar-refractivity contribution in [1.82, 2.24) is 10.2 Å². The second-order valence-corrected chi connectivity index (χ2v) is 8.50. The van der Waals surface area contributed by atoms with E-state index in [1.54, 1.807) is 28.8 Å². The first-order valence-corrected chi connectivity index (χ1v) is 10.5. The first kappa shape index (κ1) is 20.4. The third kappa shape index (κ3) is 4.38. The van der Waals surface area contributed by atoms with Crippen LogP contribution in [-0.2, 0) is 11.3 Å². The summed E-state index contributed by atoms with van der Waals surface area (Å²) in [5, 5.41) is 2.85. The number of hydrogen-bond donors (Lipinski definition) is 1. The molecule has 2 aromatic rings. The van der Waals surface area contributed by atoms with Crippen LogP contribution in [0.4, 0.5) is 4.39 Å². The second-order valence-electron chi connectivity index (χ2n) is 7.36. The van der Waals surface area contributed by atoms with Crippen molar-refractivity contribution in [2.24, 2.45) is 5.92 Å². The largest absolute Gasteiger partial charge is 0.350 e. The van der Waals surface area contributed by atoms with Gasteiger partial charge in [-0.25, -0.2) is 4.39 Å². The molecule has 2 amide bonds. The van der Waals surface area contributed by atoms with E-state index in [4.69, 9.17) is 0 Å². The Morgan fingerprint density at radius 2 is 1.86 bits per heavy atom. The maximum atomic E-state index is 13.3. The van der Waals surface area contributed by atoms with Crippen LogP contribution in [0.2, 0.25) is 0 Å². The molecule has 28 heavy (non-hydrogen) atoms. The lowest BCUT2D eigenvalue weighted by molar-refractivity contribution is -0.125. The Morgan fingerprint density at radius 3 is 2.50 bits per heavy atom. The summed E-state index contributed by atoms with van der Waals surface area (Å²) in [5.74, 6) is 0.200. The zero-order chi connectivity index (χ0) is 20.3. The second kappa shape index (κ2) is 8.78. The number of benzene rings is 2. The van der Waals surface area contributed by atoms with Crippen LogP contribution in [0.25, 0.3) is 0 Å². The molecule has 0 bridgehead atoms. The van der Waals surface area contributed by atoms with Crippen LogP contribution in [-0.4, -0.2) is 33.9 Å². The molecule has 0 spiro atoms. The van der Waals surface area contributed by atoms with Gasteiger partial charge in [0.25, 0.3) is 5.91 Å². The fourth-order valence-corrected chi connectivity index (χ4v) is 4.84. The predicted molar refractivity (Wildman–Crippen MR) is 110 cm³/mol. The number of rotatable bonds is 5. The Balaban J connectivity index is 1.78. The molecule has 3 rings (SSSR count). The van der Waals surface area contributed by atoms with E-state index in [9.17, 15) is 14.0 Å². The van der Waals surface area contributed by atoms with Gasteiger partial charge in [0.15, 0.2) is 0 Å². The zero-order valence-corrected chi connectivity index (χ0v) is 17.1. The van der Waals surface area contributed by atoms with Gasteiger partial charge in [-0.15, -0.1) is 11.8 Å². The van der Waals surface area contributed by atoms with E-state index in [1.165, 1.54) is 12.1 Å². The van der Waals surface area contributed by atoms with Gasteiger partial charge in [-0.05, 0) is 42.2 Å². The summed E-state index contributed by atoms with van der Waals surface area (Å²) in [5.41, 5.74) is 2.35. The third-order valence-corrected chi connectivity index (χ3v) is 6.52. The van der Waals surface area contributed by atoms with E-state index >= 15 is 0 Å². The Hall–Kier alpha value is -2.34. The van der Waals surface area contributed by atoms with Crippen LogP contribution < -0.4 is 5.32 Å². The van der Waals surface area contributed by atoms with E-state index in [0.29, 0.717) is 17.9 Å². The fourth-order valence-electron chi connectivity index (χ4n) is 3.36. The Morgan fingerprint density at radius 1 is 1.18 bits per heavy atom. The van der Waals surface area contributed by atoms with Crippen LogP contribution in [0.15, 0.2) is 48.5 Å². The first-order valence-electron chi connectivity index (χ1n) is 9.40. The van der Waals surface area contributed by atoms with Gasteiger partial charge in [-0.3, -0.25) is 9.59 Å². The summed E-state index contributed by atoms with van der Waals surface area (Å²) in [4.78, 5) is 27.9. The number of amides is 2. The smallest absolute Gasteiger partial charge is 0.255 e. The van der Waals surface area contributed by atoms with E-state index < -0.39 is 6.04 Å². The van der Waals surface area contributed by atoms with Crippen molar-refractivity contribution in [2.75, 3.05) is 5.75 Å². The van der Waals surface area contributed by atoms with Crippen molar-refractivity contribution in [3.8, 4) is 0 Å². The maximum absolute atomic E-state index is 13.3. The van der Waals surface area contributed by atoms with Crippen LogP contribution in [0.1, 0.15) is 35.3 Å². The third-order valence-electron chi connectivity index (χ3n) is 4.90. The van der Waals surface area contributed by atoms with Crippen molar-refractivity contribution < 1.29 is 14.0 Å². The van der Waals surface area contributed by atoms with Gasteiger partial charge in [0.05, 0.1) is 5.37 Å². The Kier molecular flexibility index (Phi) is 6.39. The number of carbonyl (C=O) groups excluding carboxylic acids is 2. The average molecular weight is 401 g/mol. The molecule has 2 unspecified atom stereocenters. The van der Waals surface area contributed by atoms with Crippen molar-refractivity contribution in [1.29, 1.82) is 0 Å². The van der Waals surface area contributed by atoms with Crippen LogP contribution >= 0.6 is 11.8 Å². The number of halogens is 1. The van der Waals surface area contributed by atoms with E-state index in [-0.39, 0.29) is 28.9 Å². The van der Waals surface area contributed by atoms with Crippen molar-refractivity contribution >= 4 is 23.6 Å². The molecule has 0 saturated carbocycles.